The number of aromatic carboxylic acids is 1. The van der Waals surface area contributed by atoms with Gasteiger partial charge in [-0.3, -0.25) is 4.79 Å². The molecule has 0 saturated heterocycles. The highest BCUT2D eigenvalue weighted by Gasteiger charge is 2.22. The summed E-state index contributed by atoms with van der Waals surface area (Å²) >= 11 is 3.24. The minimum absolute atomic E-state index is 0.0327. The fraction of sp³-hybridized carbons (Fsp3) is 0.385. The summed E-state index contributed by atoms with van der Waals surface area (Å²) in [6, 6.07) is 3.20. The maximum absolute atomic E-state index is 11.8. The molecular weight excluding hydrogens is 314 g/mol. The Bertz CT molecular complexity index is 514. The van der Waals surface area contributed by atoms with E-state index < -0.39 is 12.1 Å². The smallest absolute Gasteiger partial charge is 0.339 e. The van der Waals surface area contributed by atoms with Gasteiger partial charge in [0.1, 0.15) is 11.3 Å². The Labute approximate surface area is 120 Å². The van der Waals surface area contributed by atoms with Crippen molar-refractivity contribution in [2.45, 2.75) is 20.0 Å². The average molecular weight is 330 g/mol. The number of rotatable bonds is 4. The lowest BCUT2D eigenvalue weighted by Crippen LogP contribution is -2.35. The summed E-state index contributed by atoms with van der Waals surface area (Å²) in [7, 11) is 3.24. The summed E-state index contributed by atoms with van der Waals surface area (Å²) < 4.78 is 6.18. The number of carboxylic acids is 1. The molecule has 1 amide bonds. The van der Waals surface area contributed by atoms with Gasteiger partial charge in [-0.25, -0.2) is 4.79 Å². The van der Waals surface area contributed by atoms with Crippen LogP contribution in [-0.4, -0.2) is 42.1 Å². The average Bonchev–Trinajstić information content (AvgIpc) is 2.30. The Balaban J connectivity index is 3.13. The minimum atomic E-state index is -1.09. The molecule has 0 saturated carbocycles. The van der Waals surface area contributed by atoms with Crippen molar-refractivity contribution in [3.8, 4) is 5.75 Å². The molecule has 19 heavy (non-hydrogen) atoms. The lowest BCUT2D eigenvalue weighted by Gasteiger charge is -2.20. The fourth-order valence-corrected chi connectivity index (χ4v) is 2.21. The lowest BCUT2D eigenvalue weighted by molar-refractivity contribution is -0.135. The highest BCUT2D eigenvalue weighted by Crippen LogP contribution is 2.29. The predicted molar refractivity (Wildman–Crippen MR) is 74.6 cm³/mol. The summed E-state index contributed by atoms with van der Waals surface area (Å²) in [5, 5.41) is 9.18. The van der Waals surface area contributed by atoms with Crippen LogP contribution in [0.25, 0.3) is 0 Å². The van der Waals surface area contributed by atoms with Crippen LogP contribution in [0.3, 0.4) is 0 Å². The summed E-state index contributed by atoms with van der Waals surface area (Å²) in [6.45, 7) is 3.33. The number of hydrogen-bond acceptors (Lipinski definition) is 3. The third-order valence-corrected chi connectivity index (χ3v) is 3.01. The molecule has 0 aromatic heterocycles. The first kappa shape index (κ1) is 15.5. The number of likely N-dealkylation sites (N-methyl/N-ethyl adjacent to an activating group) is 1. The predicted octanol–water partition coefficient (Wildman–Crippen LogP) is 2.31. The van der Waals surface area contributed by atoms with Crippen molar-refractivity contribution in [1.29, 1.82) is 0 Å². The van der Waals surface area contributed by atoms with Crippen LogP contribution >= 0.6 is 15.9 Å². The van der Waals surface area contributed by atoms with Crippen LogP contribution in [0.15, 0.2) is 16.6 Å². The van der Waals surface area contributed by atoms with Crippen LogP contribution in [0.1, 0.15) is 22.8 Å². The third-order valence-electron chi connectivity index (χ3n) is 2.55. The number of aryl methyl sites for hydroxylation is 1. The maximum Gasteiger partial charge on any atom is 0.339 e. The van der Waals surface area contributed by atoms with Crippen molar-refractivity contribution < 1.29 is 19.4 Å². The van der Waals surface area contributed by atoms with Gasteiger partial charge in [0.05, 0.1) is 0 Å². The molecule has 1 unspecified atom stereocenters. The van der Waals surface area contributed by atoms with Crippen molar-refractivity contribution in [1.82, 2.24) is 4.90 Å². The van der Waals surface area contributed by atoms with Crippen molar-refractivity contribution in [2.24, 2.45) is 0 Å². The van der Waals surface area contributed by atoms with Gasteiger partial charge in [-0.05, 0) is 31.5 Å². The first-order valence-electron chi connectivity index (χ1n) is 5.65. The van der Waals surface area contributed by atoms with E-state index in [2.05, 4.69) is 15.9 Å². The number of hydrogen-bond donors (Lipinski definition) is 1. The molecule has 0 aliphatic heterocycles. The molecule has 1 rings (SSSR count). The largest absolute Gasteiger partial charge is 0.480 e. The summed E-state index contributed by atoms with van der Waals surface area (Å²) in [5.74, 6) is -1.10. The van der Waals surface area contributed by atoms with E-state index in [-0.39, 0.29) is 17.2 Å². The first-order valence-corrected chi connectivity index (χ1v) is 6.44. The van der Waals surface area contributed by atoms with Crippen LogP contribution in [0, 0.1) is 6.92 Å². The van der Waals surface area contributed by atoms with Gasteiger partial charge in [0, 0.05) is 18.6 Å². The Morgan fingerprint density at radius 2 is 1.95 bits per heavy atom. The number of carbonyl (C=O) groups excluding carboxylic acids is 1. The lowest BCUT2D eigenvalue weighted by atomic mass is 10.1. The maximum atomic E-state index is 11.8. The van der Waals surface area contributed by atoms with Crippen molar-refractivity contribution in [2.75, 3.05) is 14.1 Å². The molecule has 1 N–H and O–H groups in total. The molecule has 0 bridgehead atoms. The van der Waals surface area contributed by atoms with Gasteiger partial charge in [0.2, 0.25) is 0 Å². The molecule has 1 aromatic carbocycles. The number of benzene rings is 1. The monoisotopic (exact) mass is 329 g/mol. The number of carbonyl (C=O) groups is 2. The zero-order valence-corrected chi connectivity index (χ0v) is 12.8. The molecule has 0 fully saturated rings. The molecule has 0 heterocycles. The zero-order valence-electron chi connectivity index (χ0n) is 11.2. The van der Waals surface area contributed by atoms with Gasteiger partial charge in [0.15, 0.2) is 6.10 Å². The number of carboxylic acid groups (broad SMARTS) is 1. The highest BCUT2D eigenvalue weighted by molar-refractivity contribution is 9.10. The molecular formula is C13H16BrNO4. The fourth-order valence-electron chi connectivity index (χ4n) is 1.64. The van der Waals surface area contributed by atoms with Gasteiger partial charge < -0.3 is 14.7 Å². The molecule has 104 valence electrons. The van der Waals surface area contributed by atoms with Gasteiger partial charge in [0.25, 0.3) is 5.91 Å². The van der Waals surface area contributed by atoms with Gasteiger partial charge in [-0.15, -0.1) is 0 Å². The van der Waals surface area contributed by atoms with E-state index >= 15 is 0 Å². The van der Waals surface area contributed by atoms with Crippen LogP contribution in [0.4, 0.5) is 0 Å². The third kappa shape index (κ3) is 3.70. The summed E-state index contributed by atoms with van der Waals surface area (Å²) in [6.07, 6.45) is -0.743. The molecule has 0 aliphatic carbocycles. The van der Waals surface area contributed by atoms with Crippen LogP contribution in [-0.2, 0) is 4.79 Å². The van der Waals surface area contributed by atoms with E-state index in [0.29, 0.717) is 10.0 Å². The Morgan fingerprint density at radius 1 is 1.37 bits per heavy atom. The van der Waals surface area contributed by atoms with E-state index in [1.807, 2.05) is 0 Å². The highest BCUT2D eigenvalue weighted by atomic mass is 79.9. The molecule has 5 nitrogen and oxygen atoms in total. The summed E-state index contributed by atoms with van der Waals surface area (Å²) in [5.41, 5.74) is 0.690. The van der Waals surface area contributed by atoms with Crippen LogP contribution in [0.5, 0.6) is 5.75 Å². The first-order chi connectivity index (χ1) is 8.73. The van der Waals surface area contributed by atoms with Gasteiger partial charge in [-0.2, -0.15) is 0 Å². The Morgan fingerprint density at radius 3 is 2.42 bits per heavy atom. The Hall–Kier alpha value is -1.56. The van der Waals surface area contributed by atoms with E-state index in [0.717, 1.165) is 0 Å². The molecule has 0 spiro atoms. The zero-order chi connectivity index (χ0) is 14.7. The van der Waals surface area contributed by atoms with E-state index in [9.17, 15) is 14.7 Å². The van der Waals surface area contributed by atoms with E-state index in [1.165, 1.54) is 11.0 Å². The number of amides is 1. The molecule has 6 heteroatoms. The second-order valence-electron chi connectivity index (χ2n) is 4.40. The van der Waals surface area contributed by atoms with Gasteiger partial charge in [-0.1, -0.05) is 15.9 Å². The molecule has 1 atom stereocenters. The molecule has 0 radical (unpaired) electrons. The number of ether oxygens (including phenoxy) is 1. The SMILES string of the molecule is Cc1cc(Br)cc(C(=O)O)c1OC(C)C(=O)N(C)C. The normalized spacial score (nSPS) is 11.8. The van der Waals surface area contributed by atoms with Crippen molar-refractivity contribution in [3.05, 3.63) is 27.7 Å². The second kappa shape index (κ2) is 6.06. The topological polar surface area (TPSA) is 66.8 Å². The number of halogens is 1. The molecule has 0 aliphatic rings. The van der Waals surface area contributed by atoms with E-state index in [4.69, 9.17) is 4.74 Å². The van der Waals surface area contributed by atoms with Gasteiger partial charge >= 0.3 is 5.97 Å². The van der Waals surface area contributed by atoms with Crippen molar-refractivity contribution in [3.63, 3.8) is 0 Å². The standard InChI is InChI=1S/C13H16BrNO4/c1-7-5-9(14)6-10(13(17)18)11(7)19-8(2)12(16)15(3)4/h5-6,8H,1-4H3,(H,17,18). The molecule has 1 aromatic rings. The second-order valence-corrected chi connectivity index (χ2v) is 5.31. The van der Waals surface area contributed by atoms with E-state index in [1.54, 1.807) is 34.0 Å². The quantitative estimate of drug-likeness (QED) is 0.920. The minimum Gasteiger partial charge on any atom is -0.480 e. The van der Waals surface area contributed by atoms with Crippen LogP contribution < -0.4 is 4.74 Å². The number of nitrogens with zero attached hydrogens (tertiary/aromatic N) is 1. The Kier molecular flexibility index (Phi) is 4.94. The summed E-state index contributed by atoms with van der Waals surface area (Å²) in [4.78, 5) is 24.4. The van der Waals surface area contributed by atoms with Crippen LogP contribution in [0.2, 0.25) is 0 Å². The van der Waals surface area contributed by atoms with Crippen molar-refractivity contribution >= 4 is 27.8 Å².